The number of hydrogen-bond acceptors (Lipinski definition) is 5. The number of anilines is 2. The number of nitriles is 2. The highest BCUT2D eigenvalue weighted by Crippen LogP contribution is 2.28. The summed E-state index contributed by atoms with van der Waals surface area (Å²) in [7, 11) is 0. The first-order chi connectivity index (χ1) is 10.7. The molecule has 2 N–H and O–H groups in total. The number of amides is 1. The molecular weight excluding hydrogens is 278 g/mol. The third kappa shape index (κ3) is 3.62. The van der Waals surface area contributed by atoms with E-state index in [9.17, 15) is 4.79 Å². The lowest BCUT2D eigenvalue weighted by Gasteiger charge is -2.14. The van der Waals surface area contributed by atoms with Crippen LogP contribution in [0.4, 0.5) is 11.4 Å². The van der Waals surface area contributed by atoms with E-state index in [4.69, 9.17) is 10.5 Å². The van der Waals surface area contributed by atoms with Gasteiger partial charge in [-0.25, -0.2) is 0 Å². The number of hydrazone groups is 1. The Balaban J connectivity index is 2.12. The first kappa shape index (κ1) is 15.5. The fraction of sp³-hybridized carbons (Fsp3) is 0.375. The van der Waals surface area contributed by atoms with Crippen molar-refractivity contribution in [1.29, 1.82) is 10.5 Å². The monoisotopic (exact) mass is 295 g/mol. The van der Waals surface area contributed by atoms with Crippen LogP contribution in [0.25, 0.3) is 0 Å². The number of carbonyl (C=O) groups excluding carboxylic acids is 1. The lowest BCUT2D eigenvalue weighted by atomic mass is 10.1. The lowest BCUT2D eigenvalue weighted by molar-refractivity contribution is -0.119. The summed E-state index contributed by atoms with van der Waals surface area (Å²) >= 11 is 0. The molecule has 0 unspecified atom stereocenters. The number of nitrogens with one attached hydrogen (secondary N) is 2. The number of hydrogen-bond donors (Lipinski definition) is 2. The summed E-state index contributed by atoms with van der Waals surface area (Å²) in [6.45, 7) is 1.85. The van der Waals surface area contributed by atoms with Crippen LogP contribution >= 0.6 is 0 Å². The number of rotatable bonds is 4. The smallest absolute Gasteiger partial charge is 0.237 e. The normalized spacial score (nSPS) is 13.8. The number of benzene rings is 1. The second-order valence-electron chi connectivity index (χ2n) is 5.24. The minimum atomic E-state index is -0.250. The van der Waals surface area contributed by atoms with Crippen LogP contribution in [0.1, 0.15) is 31.2 Å². The van der Waals surface area contributed by atoms with Crippen molar-refractivity contribution in [3.05, 3.63) is 23.8 Å². The first-order valence-electron chi connectivity index (χ1n) is 7.20. The minimum absolute atomic E-state index is 0.0518. The SMILES string of the molecule is Cc1c(NN=C(C#N)C#N)cccc1NC(=O)C1CCCC1. The summed E-state index contributed by atoms with van der Waals surface area (Å²) in [4.78, 5) is 12.2. The van der Waals surface area contributed by atoms with Gasteiger partial charge in [0, 0.05) is 11.6 Å². The van der Waals surface area contributed by atoms with E-state index in [1.165, 1.54) is 0 Å². The Bertz CT molecular complexity index is 659. The van der Waals surface area contributed by atoms with Gasteiger partial charge in [0.2, 0.25) is 11.6 Å². The number of nitrogens with zero attached hydrogens (tertiary/aromatic N) is 3. The van der Waals surface area contributed by atoms with E-state index in [0.717, 1.165) is 31.2 Å². The molecule has 1 aliphatic carbocycles. The average molecular weight is 295 g/mol. The minimum Gasteiger partial charge on any atom is -0.326 e. The molecule has 1 aromatic rings. The summed E-state index contributed by atoms with van der Waals surface area (Å²) in [5.41, 5.74) is 4.61. The molecule has 0 atom stereocenters. The molecule has 1 amide bonds. The van der Waals surface area contributed by atoms with Gasteiger partial charge >= 0.3 is 0 Å². The zero-order chi connectivity index (χ0) is 15.9. The topological polar surface area (TPSA) is 101 Å². The molecule has 1 aliphatic rings. The molecule has 1 saturated carbocycles. The van der Waals surface area contributed by atoms with E-state index in [-0.39, 0.29) is 17.5 Å². The van der Waals surface area contributed by atoms with Gasteiger partial charge < -0.3 is 5.32 Å². The van der Waals surface area contributed by atoms with E-state index in [2.05, 4.69) is 15.8 Å². The van der Waals surface area contributed by atoms with Crippen molar-refractivity contribution < 1.29 is 4.79 Å². The van der Waals surface area contributed by atoms with Crippen molar-refractivity contribution in [2.75, 3.05) is 10.7 Å². The van der Waals surface area contributed by atoms with E-state index in [1.807, 2.05) is 13.0 Å². The van der Waals surface area contributed by atoms with Gasteiger partial charge in [0.1, 0.15) is 12.1 Å². The Morgan fingerprint density at radius 2 is 1.86 bits per heavy atom. The highest BCUT2D eigenvalue weighted by Gasteiger charge is 2.23. The molecule has 0 radical (unpaired) electrons. The molecule has 0 aromatic heterocycles. The van der Waals surface area contributed by atoms with Gasteiger partial charge in [-0.3, -0.25) is 10.2 Å². The fourth-order valence-electron chi connectivity index (χ4n) is 2.51. The largest absolute Gasteiger partial charge is 0.326 e. The van der Waals surface area contributed by atoms with Crippen molar-refractivity contribution in [3.63, 3.8) is 0 Å². The lowest BCUT2D eigenvalue weighted by Crippen LogP contribution is -2.20. The van der Waals surface area contributed by atoms with Gasteiger partial charge in [-0.15, -0.1) is 0 Å². The molecule has 0 heterocycles. The molecule has 0 aliphatic heterocycles. The Labute approximate surface area is 129 Å². The molecule has 2 rings (SSSR count). The Morgan fingerprint density at radius 1 is 1.23 bits per heavy atom. The predicted molar refractivity (Wildman–Crippen MR) is 84.1 cm³/mol. The van der Waals surface area contributed by atoms with E-state index >= 15 is 0 Å². The van der Waals surface area contributed by atoms with Gasteiger partial charge in [0.25, 0.3) is 0 Å². The number of carbonyl (C=O) groups is 1. The second-order valence-corrected chi connectivity index (χ2v) is 5.24. The molecule has 6 nitrogen and oxygen atoms in total. The predicted octanol–water partition coefficient (Wildman–Crippen LogP) is 2.94. The zero-order valence-corrected chi connectivity index (χ0v) is 12.4. The van der Waals surface area contributed by atoms with Gasteiger partial charge in [0.15, 0.2) is 0 Å². The van der Waals surface area contributed by atoms with Crippen LogP contribution < -0.4 is 10.7 Å². The molecule has 6 heteroatoms. The third-order valence-electron chi connectivity index (χ3n) is 3.82. The summed E-state index contributed by atoms with van der Waals surface area (Å²) in [5, 5.41) is 24.0. The molecule has 22 heavy (non-hydrogen) atoms. The van der Waals surface area contributed by atoms with Crippen molar-refractivity contribution in [2.45, 2.75) is 32.6 Å². The van der Waals surface area contributed by atoms with Crippen molar-refractivity contribution in [1.82, 2.24) is 0 Å². The maximum Gasteiger partial charge on any atom is 0.237 e. The van der Waals surface area contributed by atoms with Crippen LogP contribution in [0, 0.1) is 35.5 Å². The standard InChI is InChI=1S/C16H17N5O/c1-11-14(19-16(22)12-5-2-3-6-12)7-4-8-15(11)21-20-13(9-17)10-18/h4,7-8,12,21H,2-3,5-6H2,1H3,(H,19,22). The Kier molecular flexibility index (Phi) is 5.11. The summed E-state index contributed by atoms with van der Waals surface area (Å²) in [6, 6.07) is 8.75. The van der Waals surface area contributed by atoms with E-state index in [1.54, 1.807) is 24.3 Å². The van der Waals surface area contributed by atoms with Crippen molar-refractivity contribution in [2.24, 2.45) is 11.0 Å². The molecule has 0 spiro atoms. The molecule has 0 saturated heterocycles. The summed E-state index contributed by atoms with van der Waals surface area (Å²) in [5.74, 6) is 0.147. The maximum atomic E-state index is 12.2. The molecule has 1 aromatic carbocycles. The summed E-state index contributed by atoms with van der Waals surface area (Å²) in [6.07, 6.45) is 4.11. The van der Waals surface area contributed by atoms with Crippen molar-refractivity contribution >= 4 is 23.0 Å². The van der Waals surface area contributed by atoms with Gasteiger partial charge in [-0.2, -0.15) is 15.6 Å². The maximum absolute atomic E-state index is 12.2. The van der Waals surface area contributed by atoms with Crippen LogP contribution in [0.5, 0.6) is 0 Å². The first-order valence-corrected chi connectivity index (χ1v) is 7.20. The molecule has 0 bridgehead atoms. The van der Waals surface area contributed by atoms with Crippen molar-refractivity contribution in [3.8, 4) is 12.1 Å². The zero-order valence-electron chi connectivity index (χ0n) is 12.4. The van der Waals surface area contributed by atoms with Crippen LogP contribution in [0.3, 0.4) is 0 Å². The van der Waals surface area contributed by atoms with E-state index < -0.39 is 0 Å². The van der Waals surface area contributed by atoms with Crippen LogP contribution in [-0.4, -0.2) is 11.6 Å². The van der Waals surface area contributed by atoms with Crippen LogP contribution in [0.2, 0.25) is 0 Å². The van der Waals surface area contributed by atoms with Gasteiger partial charge in [0.05, 0.1) is 5.69 Å². The van der Waals surface area contributed by atoms with Gasteiger partial charge in [-0.05, 0) is 37.5 Å². The average Bonchev–Trinajstić information content (AvgIpc) is 3.06. The second kappa shape index (κ2) is 7.24. The molecule has 1 fully saturated rings. The van der Waals surface area contributed by atoms with E-state index in [0.29, 0.717) is 11.4 Å². The van der Waals surface area contributed by atoms with Crippen LogP contribution in [0.15, 0.2) is 23.3 Å². The molecule has 112 valence electrons. The van der Waals surface area contributed by atoms with Crippen LogP contribution in [-0.2, 0) is 4.79 Å². The highest BCUT2D eigenvalue weighted by molar-refractivity contribution is 6.10. The summed E-state index contributed by atoms with van der Waals surface area (Å²) < 4.78 is 0. The Hall–Kier alpha value is -2.86. The fourth-order valence-corrected chi connectivity index (χ4v) is 2.51. The highest BCUT2D eigenvalue weighted by atomic mass is 16.1. The quantitative estimate of drug-likeness (QED) is 0.658. The Morgan fingerprint density at radius 3 is 2.50 bits per heavy atom. The van der Waals surface area contributed by atoms with Gasteiger partial charge in [-0.1, -0.05) is 18.9 Å². The third-order valence-corrected chi connectivity index (χ3v) is 3.82. The molecular formula is C16H17N5O.